The molecule has 2 aromatic carbocycles. The number of fused-ring (bicyclic) bond motifs is 1. The molecular formula is C17H15ClO2. The van der Waals surface area contributed by atoms with Crippen LogP contribution in [-0.2, 0) is 6.42 Å². The van der Waals surface area contributed by atoms with Crippen LogP contribution in [0.2, 0.25) is 5.02 Å². The lowest BCUT2D eigenvalue weighted by Crippen LogP contribution is -2.16. The molecule has 20 heavy (non-hydrogen) atoms. The van der Waals surface area contributed by atoms with E-state index < -0.39 is 0 Å². The summed E-state index contributed by atoms with van der Waals surface area (Å²) in [7, 11) is 0. The van der Waals surface area contributed by atoms with E-state index in [0.717, 1.165) is 25.5 Å². The van der Waals surface area contributed by atoms with Crippen molar-refractivity contribution in [3.63, 3.8) is 0 Å². The summed E-state index contributed by atoms with van der Waals surface area (Å²) < 4.78 is 6.07. The van der Waals surface area contributed by atoms with E-state index in [2.05, 4.69) is 12.1 Å². The highest BCUT2D eigenvalue weighted by Gasteiger charge is 2.23. The van der Waals surface area contributed by atoms with Gasteiger partial charge < -0.3 is 4.74 Å². The minimum atomic E-state index is -0.0291. The Balaban J connectivity index is 1.95. The molecule has 0 N–H and O–H groups in total. The number of hydrogen-bond donors (Lipinski definition) is 0. The van der Waals surface area contributed by atoms with Crippen LogP contribution in [0, 0.1) is 0 Å². The summed E-state index contributed by atoms with van der Waals surface area (Å²) >= 11 is 6.17. The quantitative estimate of drug-likeness (QED) is 0.770. The normalized spacial score (nSPS) is 17.4. The van der Waals surface area contributed by atoms with Crippen LogP contribution in [0.3, 0.4) is 0 Å². The topological polar surface area (TPSA) is 26.3 Å². The molecule has 102 valence electrons. The third-order valence-corrected chi connectivity index (χ3v) is 4.00. The highest BCUT2D eigenvalue weighted by Crippen LogP contribution is 2.37. The molecule has 0 heterocycles. The first-order valence-electron chi connectivity index (χ1n) is 6.78. The number of ether oxygens (including phenoxy) is 1. The van der Waals surface area contributed by atoms with E-state index in [-0.39, 0.29) is 6.10 Å². The summed E-state index contributed by atoms with van der Waals surface area (Å²) in [4.78, 5) is 11.1. The van der Waals surface area contributed by atoms with Crippen LogP contribution in [0.1, 0.15) is 40.4 Å². The van der Waals surface area contributed by atoms with Gasteiger partial charge in [-0.15, -0.1) is 0 Å². The van der Waals surface area contributed by atoms with Gasteiger partial charge in [0.2, 0.25) is 0 Å². The molecule has 0 radical (unpaired) electrons. The fourth-order valence-corrected chi connectivity index (χ4v) is 2.94. The average Bonchev–Trinajstić information content (AvgIpc) is 2.49. The third kappa shape index (κ3) is 2.44. The maximum Gasteiger partial charge on any atom is 0.153 e. The van der Waals surface area contributed by atoms with Gasteiger partial charge in [0, 0.05) is 0 Å². The molecule has 0 saturated heterocycles. The van der Waals surface area contributed by atoms with Crippen molar-refractivity contribution in [3.05, 3.63) is 64.2 Å². The van der Waals surface area contributed by atoms with Crippen LogP contribution in [0.25, 0.3) is 0 Å². The van der Waals surface area contributed by atoms with Crippen LogP contribution in [0.15, 0.2) is 42.5 Å². The monoisotopic (exact) mass is 286 g/mol. The number of halogens is 1. The Morgan fingerprint density at radius 1 is 1.15 bits per heavy atom. The van der Waals surface area contributed by atoms with Gasteiger partial charge in [-0.1, -0.05) is 41.9 Å². The van der Waals surface area contributed by atoms with Gasteiger partial charge in [-0.2, -0.15) is 0 Å². The van der Waals surface area contributed by atoms with E-state index in [1.165, 1.54) is 11.1 Å². The van der Waals surface area contributed by atoms with Crippen molar-refractivity contribution in [2.45, 2.75) is 25.4 Å². The molecule has 0 fully saturated rings. The smallest absolute Gasteiger partial charge is 0.153 e. The second-order valence-corrected chi connectivity index (χ2v) is 5.38. The van der Waals surface area contributed by atoms with Gasteiger partial charge in [0.15, 0.2) is 6.29 Å². The lowest BCUT2D eigenvalue weighted by molar-refractivity contribution is 0.111. The molecule has 0 aromatic heterocycles. The minimum Gasteiger partial charge on any atom is -0.483 e. The van der Waals surface area contributed by atoms with Crippen molar-refractivity contribution in [2.24, 2.45) is 0 Å². The maximum atomic E-state index is 11.1. The number of para-hydroxylation sites is 1. The van der Waals surface area contributed by atoms with Crippen molar-refractivity contribution in [2.75, 3.05) is 0 Å². The molecule has 1 atom stereocenters. The van der Waals surface area contributed by atoms with Gasteiger partial charge in [0.05, 0.1) is 10.6 Å². The zero-order valence-corrected chi connectivity index (χ0v) is 11.8. The van der Waals surface area contributed by atoms with E-state index in [0.29, 0.717) is 16.3 Å². The number of carbonyl (C=O) groups is 1. The summed E-state index contributed by atoms with van der Waals surface area (Å²) in [5.41, 5.74) is 3.03. The molecule has 0 aliphatic heterocycles. The Kier molecular flexibility index (Phi) is 3.75. The summed E-state index contributed by atoms with van der Waals surface area (Å²) in [6.07, 6.45) is 3.87. The largest absolute Gasteiger partial charge is 0.483 e. The number of rotatable bonds is 3. The molecule has 2 aromatic rings. The molecule has 1 aliphatic rings. The minimum absolute atomic E-state index is 0.0291. The van der Waals surface area contributed by atoms with Crippen LogP contribution in [-0.4, -0.2) is 6.29 Å². The van der Waals surface area contributed by atoms with E-state index in [1.807, 2.05) is 12.1 Å². The Morgan fingerprint density at radius 3 is 2.85 bits per heavy atom. The van der Waals surface area contributed by atoms with Crippen LogP contribution in [0.4, 0.5) is 0 Å². The molecule has 0 spiro atoms. The molecule has 0 amide bonds. The molecule has 2 nitrogen and oxygen atoms in total. The zero-order valence-electron chi connectivity index (χ0n) is 11.0. The molecule has 1 unspecified atom stereocenters. The number of aryl methyl sites for hydroxylation is 1. The number of carbonyl (C=O) groups excluding carboxylic acids is 1. The lowest BCUT2D eigenvalue weighted by atomic mass is 9.89. The summed E-state index contributed by atoms with van der Waals surface area (Å²) in [5.74, 6) is 0.492. The van der Waals surface area contributed by atoms with Crippen molar-refractivity contribution in [3.8, 4) is 5.75 Å². The number of benzene rings is 2. The van der Waals surface area contributed by atoms with Crippen LogP contribution >= 0.6 is 11.6 Å². The molecule has 0 saturated carbocycles. The summed E-state index contributed by atoms with van der Waals surface area (Å²) in [6, 6.07) is 13.5. The second kappa shape index (κ2) is 5.68. The Morgan fingerprint density at radius 2 is 2.00 bits per heavy atom. The summed E-state index contributed by atoms with van der Waals surface area (Å²) in [6.45, 7) is 0. The molecular weight excluding hydrogens is 272 g/mol. The first kappa shape index (κ1) is 13.2. The van der Waals surface area contributed by atoms with Gasteiger partial charge in [-0.3, -0.25) is 4.79 Å². The van der Waals surface area contributed by atoms with Gasteiger partial charge in [-0.25, -0.2) is 0 Å². The zero-order chi connectivity index (χ0) is 13.9. The van der Waals surface area contributed by atoms with E-state index in [9.17, 15) is 4.79 Å². The molecule has 3 heteroatoms. The fourth-order valence-electron chi connectivity index (χ4n) is 2.72. The average molecular weight is 287 g/mol. The predicted molar refractivity (Wildman–Crippen MR) is 79.6 cm³/mol. The Labute approximate surface area is 123 Å². The van der Waals surface area contributed by atoms with Crippen molar-refractivity contribution in [1.29, 1.82) is 0 Å². The van der Waals surface area contributed by atoms with E-state index in [4.69, 9.17) is 16.3 Å². The standard InChI is InChI=1S/C17H15ClO2/c18-15-9-3-7-13(11-19)17(15)20-16-10-4-6-12-5-1-2-8-14(12)16/h1-3,5,7-9,11,16H,4,6,10H2. The highest BCUT2D eigenvalue weighted by molar-refractivity contribution is 6.32. The lowest BCUT2D eigenvalue weighted by Gasteiger charge is -2.27. The van der Waals surface area contributed by atoms with Gasteiger partial charge in [0.25, 0.3) is 0 Å². The molecule has 3 rings (SSSR count). The molecule has 1 aliphatic carbocycles. The fraction of sp³-hybridized carbons (Fsp3) is 0.235. The molecule has 0 bridgehead atoms. The van der Waals surface area contributed by atoms with Crippen molar-refractivity contribution in [1.82, 2.24) is 0 Å². The SMILES string of the molecule is O=Cc1cccc(Cl)c1OC1CCCc2ccccc21. The number of aldehydes is 1. The highest BCUT2D eigenvalue weighted by atomic mass is 35.5. The second-order valence-electron chi connectivity index (χ2n) is 4.97. The van der Waals surface area contributed by atoms with Crippen LogP contribution in [0.5, 0.6) is 5.75 Å². The summed E-state index contributed by atoms with van der Waals surface area (Å²) in [5, 5.41) is 0.484. The number of hydrogen-bond acceptors (Lipinski definition) is 2. The Bertz CT molecular complexity index is 637. The van der Waals surface area contributed by atoms with Crippen molar-refractivity contribution >= 4 is 17.9 Å². The predicted octanol–water partition coefficient (Wildman–Crippen LogP) is 4.61. The third-order valence-electron chi connectivity index (χ3n) is 3.70. The van der Waals surface area contributed by atoms with Crippen LogP contribution < -0.4 is 4.74 Å². The van der Waals surface area contributed by atoms with E-state index >= 15 is 0 Å². The maximum absolute atomic E-state index is 11.1. The van der Waals surface area contributed by atoms with Gasteiger partial charge >= 0.3 is 0 Å². The van der Waals surface area contributed by atoms with Gasteiger partial charge in [-0.05, 0) is 42.5 Å². The van der Waals surface area contributed by atoms with Crippen molar-refractivity contribution < 1.29 is 9.53 Å². The van der Waals surface area contributed by atoms with Gasteiger partial charge in [0.1, 0.15) is 11.9 Å². The van der Waals surface area contributed by atoms with E-state index in [1.54, 1.807) is 18.2 Å². The first-order valence-corrected chi connectivity index (χ1v) is 7.15. The first-order chi connectivity index (χ1) is 9.79. The Hall–Kier alpha value is -1.80.